The van der Waals surface area contributed by atoms with Gasteiger partial charge in [-0.2, -0.15) is 0 Å². The van der Waals surface area contributed by atoms with Gasteiger partial charge in [0.1, 0.15) is 0 Å². The van der Waals surface area contributed by atoms with Gasteiger partial charge >= 0.3 is 5.69 Å². The number of allylic oxidation sites excluding steroid dienone is 1. The van der Waals surface area contributed by atoms with Gasteiger partial charge in [0.15, 0.2) is 0 Å². The molecule has 22 heavy (non-hydrogen) atoms. The summed E-state index contributed by atoms with van der Waals surface area (Å²) in [6, 6.07) is 13.6. The van der Waals surface area contributed by atoms with Crippen LogP contribution in [0.2, 0.25) is 5.02 Å². The van der Waals surface area contributed by atoms with Crippen molar-refractivity contribution in [2.24, 2.45) is 0 Å². The van der Waals surface area contributed by atoms with Crippen molar-refractivity contribution < 1.29 is 0 Å². The van der Waals surface area contributed by atoms with Crippen molar-refractivity contribution >= 4 is 22.5 Å². The third-order valence-electron chi connectivity index (χ3n) is 3.45. The van der Waals surface area contributed by atoms with Crippen molar-refractivity contribution in [2.75, 3.05) is 0 Å². The van der Waals surface area contributed by atoms with E-state index in [4.69, 9.17) is 11.6 Å². The first-order valence-corrected chi connectivity index (χ1v) is 7.12. The molecule has 0 aliphatic carbocycles. The number of rotatable bonds is 3. The molecule has 0 saturated carbocycles. The quantitative estimate of drug-likeness (QED) is 0.698. The summed E-state index contributed by atoms with van der Waals surface area (Å²) in [6.07, 6.45) is 1.63. The molecular formula is C17H13ClN2O2. The average Bonchev–Trinajstić information content (AvgIpc) is 2.53. The second-order valence-electron chi connectivity index (χ2n) is 4.82. The SMILES string of the molecule is C=CCn1c(=O)n(-c2ccc(Cl)cc2)c(=O)c2ccccc21. The van der Waals surface area contributed by atoms with Crippen LogP contribution in [0.15, 0.2) is 70.8 Å². The second kappa shape index (κ2) is 5.66. The summed E-state index contributed by atoms with van der Waals surface area (Å²) in [5, 5.41) is 1.03. The Morgan fingerprint density at radius 3 is 2.41 bits per heavy atom. The minimum absolute atomic E-state index is 0.327. The van der Waals surface area contributed by atoms with Crippen LogP contribution in [0.4, 0.5) is 0 Å². The number of hydrogen-bond donors (Lipinski definition) is 0. The Morgan fingerprint density at radius 2 is 1.73 bits per heavy atom. The van der Waals surface area contributed by atoms with Gasteiger partial charge in [0, 0.05) is 11.6 Å². The molecule has 0 saturated heterocycles. The molecule has 3 aromatic rings. The van der Waals surface area contributed by atoms with Crippen molar-refractivity contribution in [3.63, 3.8) is 0 Å². The van der Waals surface area contributed by atoms with Gasteiger partial charge in [-0.15, -0.1) is 6.58 Å². The summed E-state index contributed by atoms with van der Waals surface area (Å²) in [4.78, 5) is 25.4. The van der Waals surface area contributed by atoms with E-state index in [2.05, 4.69) is 6.58 Å². The summed E-state index contributed by atoms with van der Waals surface area (Å²) < 4.78 is 2.68. The Bertz CT molecular complexity index is 969. The maximum atomic E-state index is 12.7. The van der Waals surface area contributed by atoms with E-state index in [0.29, 0.717) is 28.2 Å². The Hall–Kier alpha value is -2.59. The lowest BCUT2D eigenvalue weighted by atomic mass is 10.2. The first kappa shape index (κ1) is 14.4. The maximum Gasteiger partial charge on any atom is 0.336 e. The summed E-state index contributed by atoms with van der Waals surface area (Å²) in [5.41, 5.74) is 0.347. The standard InChI is InChI=1S/C17H13ClN2O2/c1-2-11-19-15-6-4-3-5-14(15)16(21)20(17(19)22)13-9-7-12(18)8-10-13/h2-10H,1,11H2. The van der Waals surface area contributed by atoms with Gasteiger partial charge in [-0.25, -0.2) is 9.36 Å². The van der Waals surface area contributed by atoms with Gasteiger partial charge < -0.3 is 0 Å². The fraction of sp³-hybridized carbons (Fsp3) is 0.0588. The number of nitrogens with zero attached hydrogens (tertiary/aromatic N) is 2. The first-order chi connectivity index (χ1) is 10.6. The predicted molar refractivity (Wildman–Crippen MR) is 89.0 cm³/mol. The Morgan fingerprint density at radius 1 is 1.05 bits per heavy atom. The first-order valence-electron chi connectivity index (χ1n) is 6.75. The normalized spacial score (nSPS) is 10.8. The van der Waals surface area contributed by atoms with Crippen molar-refractivity contribution in [2.45, 2.75) is 6.54 Å². The molecule has 0 fully saturated rings. The Kier molecular flexibility index (Phi) is 3.69. The van der Waals surface area contributed by atoms with E-state index >= 15 is 0 Å². The molecule has 2 aromatic carbocycles. The lowest BCUT2D eigenvalue weighted by Gasteiger charge is -2.12. The zero-order chi connectivity index (χ0) is 15.7. The van der Waals surface area contributed by atoms with Crippen LogP contribution in [0.1, 0.15) is 0 Å². The zero-order valence-electron chi connectivity index (χ0n) is 11.7. The lowest BCUT2D eigenvalue weighted by molar-refractivity contribution is 0.728. The van der Waals surface area contributed by atoms with E-state index in [1.807, 2.05) is 0 Å². The summed E-state index contributed by atoms with van der Waals surface area (Å²) in [7, 11) is 0. The fourth-order valence-corrected chi connectivity index (χ4v) is 2.57. The summed E-state index contributed by atoms with van der Waals surface area (Å²) >= 11 is 5.87. The molecular weight excluding hydrogens is 300 g/mol. The van der Waals surface area contributed by atoms with Gasteiger partial charge in [-0.3, -0.25) is 9.36 Å². The van der Waals surface area contributed by atoms with Crippen LogP contribution >= 0.6 is 11.6 Å². The molecule has 1 aromatic heterocycles. The topological polar surface area (TPSA) is 44.0 Å². The average molecular weight is 313 g/mol. The molecule has 110 valence electrons. The molecule has 3 rings (SSSR count). The number of aromatic nitrogens is 2. The van der Waals surface area contributed by atoms with Gasteiger partial charge in [0.05, 0.1) is 16.6 Å². The number of para-hydroxylation sites is 1. The van der Waals surface area contributed by atoms with Crippen LogP contribution in [-0.2, 0) is 6.54 Å². The molecule has 0 N–H and O–H groups in total. The molecule has 0 atom stereocenters. The van der Waals surface area contributed by atoms with E-state index < -0.39 is 5.69 Å². The van der Waals surface area contributed by atoms with Crippen molar-refractivity contribution in [3.8, 4) is 5.69 Å². The lowest BCUT2D eigenvalue weighted by Crippen LogP contribution is -2.38. The zero-order valence-corrected chi connectivity index (χ0v) is 12.5. The smallest absolute Gasteiger partial charge is 0.289 e. The van der Waals surface area contributed by atoms with Crippen LogP contribution in [0.3, 0.4) is 0 Å². The number of hydrogen-bond acceptors (Lipinski definition) is 2. The van der Waals surface area contributed by atoms with Crippen molar-refractivity contribution in [3.05, 3.63) is 87.0 Å². The monoisotopic (exact) mass is 312 g/mol. The molecule has 0 amide bonds. The van der Waals surface area contributed by atoms with E-state index in [1.165, 1.54) is 4.57 Å². The molecule has 0 unspecified atom stereocenters. The Balaban J connectivity index is 2.45. The van der Waals surface area contributed by atoms with E-state index in [9.17, 15) is 9.59 Å². The molecule has 0 bridgehead atoms. The summed E-state index contributed by atoms with van der Waals surface area (Å²) in [5.74, 6) is 0. The molecule has 4 nitrogen and oxygen atoms in total. The van der Waals surface area contributed by atoms with Crippen molar-refractivity contribution in [1.82, 2.24) is 9.13 Å². The molecule has 1 heterocycles. The molecule has 0 spiro atoms. The molecule has 0 aliphatic rings. The minimum Gasteiger partial charge on any atom is -0.289 e. The predicted octanol–water partition coefficient (Wildman–Crippen LogP) is 2.99. The van der Waals surface area contributed by atoms with Gasteiger partial charge in [-0.1, -0.05) is 29.8 Å². The molecule has 0 aliphatic heterocycles. The van der Waals surface area contributed by atoms with Crippen LogP contribution in [0, 0.1) is 0 Å². The van der Waals surface area contributed by atoms with Crippen LogP contribution in [0.5, 0.6) is 0 Å². The van der Waals surface area contributed by atoms with Gasteiger partial charge in [-0.05, 0) is 36.4 Å². The highest BCUT2D eigenvalue weighted by Crippen LogP contribution is 2.13. The van der Waals surface area contributed by atoms with Crippen LogP contribution in [0.25, 0.3) is 16.6 Å². The number of halogens is 1. The number of benzene rings is 2. The van der Waals surface area contributed by atoms with Gasteiger partial charge in [0.2, 0.25) is 0 Å². The highest BCUT2D eigenvalue weighted by atomic mass is 35.5. The second-order valence-corrected chi connectivity index (χ2v) is 5.25. The van der Waals surface area contributed by atoms with E-state index in [1.54, 1.807) is 54.6 Å². The third-order valence-corrected chi connectivity index (χ3v) is 3.70. The van der Waals surface area contributed by atoms with Crippen LogP contribution < -0.4 is 11.2 Å². The van der Waals surface area contributed by atoms with E-state index in [0.717, 1.165) is 4.57 Å². The summed E-state index contributed by atoms with van der Waals surface area (Å²) in [6.45, 7) is 4.00. The van der Waals surface area contributed by atoms with Gasteiger partial charge in [0.25, 0.3) is 5.56 Å². The molecule has 0 radical (unpaired) electrons. The minimum atomic E-state index is -0.397. The highest BCUT2D eigenvalue weighted by molar-refractivity contribution is 6.30. The molecule has 5 heteroatoms. The largest absolute Gasteiger partial charge is 0.336 e. The Labute approximate surface area is 131 Å². The number of fused-ring (bicyclic) bond motifs is 1. The van der Waals surface area contributed by atoms with E-state index in [-0.39, 0.29) is 5.56 Å². The third kappa shape index (κ3) is 2.27. The maximum absolute atomic E-state index is 12.7. The van der Waals surface area contributed by atoms with Crippen molar-refractivity contribution in [1.29, 1.82) is 0 Å². The highest BCUT2D eigenvalue weighted by Gasteiger charge is 2.13. The van der Waals surface area contributed by atoms with Crippen LogP contribution in [-0.4, -0.2) is 9.13 Å². The fourth-order valence-electron chi connectivity index (χ4n) is 2.44.